The van der Waals surface area contributed by atoms with Crippen LogP contribution in [0.2, 0.25) is 0 Å². The topological polar surface area (TPSA) is 12.9 Å². The average Bonchev–Trinajstić information content (AvgIpc) is 3.13. The lowest BCUT2D eigenvalue weighted by molar-refractivity contribution is 0.590. The van der Waals surface area contributed by atoms with Crippen molar-refractivity contribution in [2.24, 2.45) is 0 Å². The van der Waals surface area contributed by atoms with E-state index in [0.29, 0.717) is 0 Å². The van der Waals surface area contributed by atoms with Crippen LogP contribution in [0.1, 0.15) is 52.7 Å². The van der Waals surface area contributed by atoms with Crippen molar-refractivity contribution in [3.05, 3.63) is 157 Å². The molecule has 1 nitrogen and oxygen atoms in total. The molecule has 8 aromatic carbocycles. The lowest BCUT2D eigenvalue weighted by atomic mass is 9.36. The van der Waals surface area contributed by atoms with Crippen molar-refractivity contribution in [3.8, 4) is 11.3 Å². The maximum atomic E-state index is 5.37. The van der Waals surface area contributed by atoms with E-state index in [0.717, 1.165) is 16.8 Å². The van der Waals surface area contributed by atoms with E-state index in [1.54, 1.807) is 0 Å². The maximum absolute atomic E-state index is 5.37. The summed E-state index contributed by atoms with van der Waals surface area (Å²) in [4.78, 5) is 5.37. The molecule has 0 aliphatic rings. The lowest BCUT2D eigenvalue weighted by Gasteiger charge is -2.23. The van der Waals surface area contributed by atoms with Gasteiger partial charge in [-0.05, 0) is 66.4 Å². The molecule has 0 atom stereocenters. The van der Waals surface area contributed by atoms with Gasteiger partial charge in [0.2, 0.25) is 6.71 Å². The van der Waals surface area contributed by atoms with Crippen LogP contribution in [0, 0.1) is 0 Å². The van der Waals surface area contributed by atoms with Gasteiger partial charge in [-0.2, -0.15) is 0 Å². The van der Waals surface area contributed by atoms with E-state index in [4.69, 9.17) is 4.98 Å². The highest BCUT2D eigenvalue weighted by Gasteiger charge is 2.25. The van der Waals surface area contributed by atoms with E-state index in [2.05, 4.69) is 187 Å². The first-order chi connectivity index (χ1) is 24.5. The zero-order valence-corrected chi connectivity index (χ0v) is 30.4. The second kappa shape index (κ2) is 11.5. The predicted molar refractivity (Wildman–Crippen MR) is 223 cm³/mol. The molecule has 9 rings (SSSR count). The molecule has 51 heavy (non-hydrogen) atoms. The number of benzene rings is 8. The molecule has 1 heterocycles. The smallest absolute Gasteiger partial charge is 0.241 e. The van der Waals surface area contributed by atoms with Crippen LogP contribution in [0.15, 0.2) is 146 Å². The van der Waals surface area contributed by atoms with Crippen LogP contribution < -0.4 is 16.4 Å². The van der Waals surface area contributed by atoms with Crippen molar-refractivity contribution in [1.82, 2.24) is 4.98 Å². The summed E-state index contributed by atoms with van der Waals surface area (Å²) in [7, 11) is 0. The van der Waals surface area contributed by atoms with Crippen molar-refractivity contribution in [3.63, 3.8) is 0 Å². The van der Waals surface area contributed by atoms with Gasteiger partial charge in [0.25, 0.3) is 0 Å². The molecule has 0 N–H and O–H groups in total. The molecule has 0 aliphatic carbocycles. The summed E-state index contributed by atoms with van der Waals surface area (Å²) in [6.45, 7) is 13.8. The number of para-hydroxylation sites is 1. The Balaban J connectivity index is 1.22. The summed E-state index contributed by atoms with van der Waals surface area (Å²) >= 11 is 0. The number of rotatable bonds is 4. The molecule has 0 saturated heterocycles. The van der Waals surface area contributed by atoms with Gasteiger partial charge in [0, 0.05) is 21.7 Å². The van der Waals surface area contributed by atoms with Crippen LogP contribution in [-0.2, 0) is 10.8 Å². The lowest BCUT2D eigenvalue weighted by Crippen LogP contribution is -2.52. The van der Waals surface area contributed by atoms with Gasteiger partial charge in [0.05, 0.1) is 11.2 Å². The van der Waals surface area contributed by atoms with Crippen molar-refractivity contribution in [2.75, 3.05) is 0 Å². The number of nitrogens with zero attached hydrogens (tertiary/aromatic N) is 1. The highest BCUT2D eigenvalue weighted by Crippen LogP contribution is 2.43. The van der Waals surface area contributed by atoms with E-state index in [1.807, 2.05) is 0 Å². The molecule has 2 heteroatoms. The minimum Gasteiger partial charge on any atom is -0.247 e. The van der Waals surface area contributed by atoms with Crippen LogP contribution >= 0.6 is 0 Å². The molecule has 246 valence electrons. The number of aromatic nitrogens is 1. The molecule has 0 radical (unpaired) electrons. The van der Waals surface area contributed by atoms with Crippen LogP contribution in [-0.4, -0.2) is 11.7 Å². The molecule has 9 aromatic rings. The fourth-order valence-corrected chi connectivity index (χ4v) is 8.23. The van der Waals surface area contributed by atoms with Crippen molar-refractivity contribution in [2.45, 2.75) is 52.4 Å². The summed E-state index contributed by atoms with van der Waals surface area (Å²) in [5.41, 5.74) is 9.98. The third kappa shape index (κ3) is 5.28. The van der Waals surface area contributed by atoms with E-state index in [9.17, 15) is 0 Å². The molecule has 0 spiro atoms. The van der Waals surface area contributed by atoms with Crippen molar-refractivity contribution in [1.29, 1.82) is 0 Å². The molecule has 0 aliphatic heterocycles. The predicted octanol–water partition coefficient (Wildman–Crippen LogP) is 11.1. The second-order valence-corrected chi connectivity index (χ2v) is 16.4. The summed E-state index contributed by atoms with van der Waals surface area (Å²) in [6.07, 6.45) is 0. The Morgan fingerprint density at radius 1 is 0.412 bits per heavy atom. The quantitative estimate of drug-likeness (QED) is 0.104. The van der Waals surface area contributed by atoms with E-state index < -0.39 is 0 Å². The van der Waals surface area contributed by atoms with Gasteiger partial charge in [-0.1, -0.05) is 191 Å². The monoisotopic (exact) mass is 655 g/mol. The first kappa shape index (κ1) is 31.5. The molecule has 0 saturated carbocycles. The largest absolute Gasteiger partial charge is 0.247 e. The Morgan fingerprint density at radius 2 is 0.941 bits per heavy atom. The summed E-state index contributed by atoms with van der Waals surface area (Å²) in [6, 6.07) is 54.5. The van der Waals surface area contributed by atoms with Gasteiger partial charge in [-0.15, -0.1) is 0 Å². The van der Waals surface area contributed by atoms with Gasteiger partial charge in [0.15, 0.2) is 0 Å². The summed E-state index contributed by atoms with van der Waals surface area (Å²) < 4.78 is 0. The van der Waals surface area contributed by atoms with Gasteiger partial charge in [0.1, 0.15) is 0 Å². The minimum absolute atomic E-state index is 0.106. The highest BCUT2D eigenvalue weighted by atomic mass is 14.7. The zero-order chi connectivity index (χ0) is 35.1. The fraction of sp³-hybridized carbons (Fsp3) is 0.163. The molecular weight excluding hydrogens is 613 g/mol. The minimum atomic E-state index is 0.106. The Morgan fingerprint density at radius 3 is 1.53 bits per heavy atom. The second-order valence-electron chi connectivity index (χ2n) is 16.4. The molecule has 0 fully saturated rings. The van der Waals surface area contributed by atoms with Crippen LogP contribution in [0.3, 0.4) is 0 Å². The average molecular weight is 656 g/mol. The highest BCUT2D eigenvalue weighted by molar-refractivity contribution is 6.95. The summed E-state index contributed by atoms with van der Waals surface area (Å²) in [5.74, 6) is 0. The Kier molecular flexibility index (Phi) is 7.13. The van der Waals surface area contributed by atoms with Gasteiger partial charge < -0.3 is 0 Å². The molecule has 1 aromatic heterocycles. The SMILES string of the molecule is CC(C)(C)c1ccc(B(c2ccc(-c3nc4ccccc4c4c3cc3ccc5cccc6ccc4c3c56)cc2)c2ccc(C(C)(C)C)cc2)cc1. The normalized spacial score (nSPS) is 12.5. The van der Waals surface area contributed by atoms with Crippen molar-refractivity contribution < 1.29 is 0 Å². The number of pyridine rings is 1. The third-order valence-electron chi connectivity index (χ3n) is 11.0. The Labute approximate surface area is 301 Å². The zero-order valence-electron chi connectivity index (χ0n) is 30.4. The number of hydrogen-bond donors (Lipinski definition) is 0. The molecule has 0 bridgehead atoms. The number of fused-ring (bicyclic) bond motifs is 4. The molecule has 0 unspecified atom stereocenters. The Hall–Kier alpha value is -5.47. The number of hydrogen-bond acceptors (Lipinski definition) is 1. The van der Waals surface area contributed by atoms with Crippen LogP contribution in [0.4, 0.5) is 0 Å². The van der Waals surface area contributed by atoms with Crippen molar-refractivity contribution >= 4 is 77.1 Å². The van der Waals surface area contributed by atoms with Crippen LogP contribution in [0.25, 0.3) is 65.3 Å². The van der Waals surface area contributed by atoms with E-state index in [-0.39, 0.29) is 17.5 Å². The standard InChI is InChI=1S/C49H42BN/c1-48(2,3)35-19-25-38(26-20-35)50(39-27-21-36(22-28-39)49(4,5)6)37-23-16-33(17-24-37)47-42-30-34-15-14-31-10-9-11-32-18-29-41(45(34)44(31)32)46(42)40-12-7-8-13-43(40)51-47/h7-30H,1-6H3. The first-order valence-corrected chi connectivity index (χ1v) is 18.2. The summed E-state index contributed by atoms with van der Waals surface area (Å²) in [5, 5.41) is 11.5. The van der Waals surface area contributed by atoms with Crippen LogP contribution in [0.5, 0.6) is 0 Å². The van der Waals surface area contributed by atoms with E-state index in [1.165, 1.54) is 76.0 Å². The molecular formula is C49H42BN. The van der Waals surface area contributed by atoms with Gasteiger partial charge in [-0.25, -0.2) is 4.98 Å². The molecule has 0 amide bonds. The Bertz CT molecular complexity index is 2650. The fourth-order valence-electron chi connectivity index (χ4n) is 8.23. The first-order valence-electron chi connectivity index (χ1n) is 18.2. The van der Waals surface area contributed by atoms with E-state index >= 15 is 0 Å². The maximum Gasteiger partial charge on any atom is 0.241 e. The van der Waals surface area contributed by atoms with Gasteiger partial charge >= 0.3 is 0 Å². The third-order valence-corrected chi connectivity index (χ3v) is 11.0. The van der Waals surface area contributed by atoms with Gasteiger partial charge in [-0.3, -0.25) is 0 Å².